The van der Waals surface area contributed by atoms with Crippen LogP contribution < -0.4 is 10.9 Å². The van der Waals surface area contributed by atoms with Gasteiger partial charge in [-0.05, 0) is 29.8 Å². The van der Waals surface area contributed by atoms with Crippen LogP contribution in [0.4, 0.5) is 18.9 Å². The molecule has 1 aromatic heterocycles. The third-order valence-corrected chi connectivity index (χ3v) is 3.35. The van der Waals surface area contributed by atoms with E-state index in [9.17, 15) is 22.8 Å². The molecule has 0 bridgehead atoms. The van der Waals surface area contributed by atoms with E-state index in [-0.39, 0.29) is 11.3 Å². The highest BCUT2D eigenvalue weighted by molar-refractivity contribution is 5.95. The quantitative estimate of drug-likeness (QED) is 0.722. The van der Waals surface area contributed by atoms with E-state index in [1.54, 1.807) is 35.6 Å². The lowest BCUT2D eigenvalue weighted by atomic mass is 10.1. The first-order valence-corrected chi connectivity index (χ1v) is 6.86. The van der Waals surface area contributed by atoms with Crippen LogP contribution in [0.5, 0.6) is 0 Å². The number of halogens is 3. The molecule has 0 aliphatic carbocycles. The summed E-state index contributed by atoms with van der Waals surface area (Å²) in [7, 11) is 0. The van der Waals surface area contributed by atoms with E-state index in [2.05, 4.69) is 0 Å². The van der Waals surface area contributed by atoms with Crippen molar-refractivity contribution in [1.29, 1.82) is 0 Å². The maximum absolute atomic E-state index is 12.2. The predicted octanol–water partition coefficient (Wildman–Crippen LogP) is 3.96. The van der Waals surface area contributed by atoms with E-state index in [0.717, 1.165) is 5.39 Å². The van der Waals surface area contributed by atoms with Crippen molar-refractivity contribution in [2.45, 2.75) is 6.18 Å². The number of para-hydroxylation sites is 1. The number of fused-ring (bicyclic) bond motifs is 1. The minimum Gasteiger partial charge on any atom is -0.422 e. The number of rotatable bonds is 2. The molecular weight excluding hydrogens is 323 g/mol. The van der Waals surface area contributed by atoms with Gasteiger partial charge in [-0.25, -0.2) is 4.79 Å². The Balaban J connectivity index is 1.92. The molecule has 24 heavy (non-hydrogen) atoms. The molecule has 3 rings (SSSR count). The van der Waals surface area contributed by atoms with Crippen LogP contribution in [0, 0.1) is 0 Å². The van der Waals surface area contributed by atoms with Crippen LogP contribution >= 0.6 is 0 Å². The molecule has 1 heterocycles. The van der Waals surface area contributed by atoms with Gasteiger partial charge in [-0.2, -0.15) is 13.2 Å². The van der Waals surface area contributed by atoms with Crippen molar-refractivity contribution < 1.29 is 22.4 Å². The Kier molecular flexibility index (Phi) is 3.84. The standard InChI is InChI=1S/C17H10F3NO3/c18-17(19,20)16(23)21-12-7-5-10(6-8-12)13-9-11-3-1-2-4-14(11)24-15(13)22/h1-9H,(H,21,23). The molecule has 0 fully saturated rings. The maximum atomic E-state index is 12.2. The highest BCUT2D eigenvalue weighted by atomic mass is 19.4. The molecule has 0 saturated carbocycles. The van der Waals surface area contributed by atoms with Crippen molar-refractivity contribution in [3.8, 4) is 11.1 Å². The summed E-state index contributed by atoms with van der Waals surface area (Å²) in [6.45, 7) is 0. The number of alkyl halides is 3. The minimum absolute atomic E-state index is 0.0220. The van der Waals surface area contributed by atoms with Crippen LogP contribution in [-0.4, -0.2) is 12.1 Å². The zero-order valence-electron chi connectivity index (χ0n) is 12.1. The van der Waals surface area contributed by atoms with Crippen LogP contribution in [-0.2, 0) is 4.79 Å². The van der Waals surface area contributed by atoms with Gasteiger partial charge in [-0.15, -0.1) is 0 Å². The summed E-state index contributed by atoms with van der Waals surface area (Å²) in [4.78, 5) is 22.9. The molecule has 7 heteroatoms. The SMILES string of the molecule is O=C(Nc1ccc(-c2cc3ccccc3oc2=O)cc1)C(F)(F)F. The second-order valence-corrected chi connectivity index (χ2v) is 5.01. The molecule has 2 aromatic carbocycles. The zero-order chi connectivity index (χ0) is 17.3. The Morgan fingerprint density at radius 3 is 2.33 bits per heavy atom. The van der Waals surface area contributed by atoms with Crippen LogP contribution in [0.15, 0.2) is 63.8 Å². The summed E-state index contributed by atoms with van der Waals surface area (Å²) < 4.78 is 41.9. The Bertz CT molecular complexity index is 959. The lowest BCUT2D eigenvalue weighted by Gasteiger charge is -2.08. The van der Waals surface area contributed by atoms with Crippen molar-refractivity contribution in [3.05, 3.63) is 65.0 Å². The average molecular weight is 333 g/mol. The van der Waals surface area contributed by atoms with Gasteiger partial charge in [0, 0.05) is 11.1 Å². The number of anilines is 1. The maximum Gasteiger partial charge on any atom is 0.471 e. The molecular formula is C17H10F3NO3. The third-order valence-electron chi connectivity index (χ3n) is 3.35. The van der Waals surface area contributed by atoms with Gasteiger partial charge in [0.2, 0.25) is 0 Å². The van der Waals surface area contributed by atoms with E-state index in [0.29, 0.717) is 11.1 Å². The topological polar surface area (TPSA) is 59.3 Å². The Labute approximate surface area is 133 Å². The van der Waals surface area contributed by atoms with E-state index in [4.69, 9.17) is 4.42 Å². The van der Waals surface area contributed by atoms with E-state index in [1.807, 2.05) is 0 Å². The zero-order valence-corrected chi connectivity index (χ0v) is 12.1. The van der Waals surface area contributed by atoms with Gasteiger partial charge in [0.15, 0.2) is 0 Å². The number of hydrogen-bond donors (Lipinski definition) is 1. The van der Waals surface area contributed by atoms with Gasteiger partial charge in [-0.1, -0.05) is 30.3 Å². The van der Waals surface area contributed by atoms with E-state index in [1.165, 1.54) is 24.3 Å². The molecule has 1 N–H and O–H groups in total. The van der Waals surface area contributed by atoms with E-state index < -0.39 is 17.7 Å². The first-order chi connectivity index (χ1) is 11.3. The van der Waals surface area contributed by atoms with Crippen molar-refractivity contribution in [2.75, 3.05) is 5.32 Å². The summed E-state index contributed by atoms with van der Waals surface area (Å²) in [6.07, 6.45) is -4.96. The van der Waals surface area contributed by atoms with Gasteiger partial charge in [-0.3, -0.25) is 4.79 Å². The smallest absolute Gasteiger partial charge is 0.422 e. The molecule has 3 aromatic rings. The fourth-order valence-corrected chi connectivity index (χ4v) is 2.20. The normalized spacial score (nSPS) is 11.5. The van der Waals surface area contributed by atoms with Crippen molar-refractivity contribution in [2.24, 2.45) is 0 Å². The van der Waals surface area contributed by atoms with Crippen LogP contribution in [0.3, 0.4) is 0 Å². The van der Waals surface area contributed by atoms with Crippen LogP contribution in [0.1, 0.15) is 0 Å². The van der Waals surface area contributed by atoms with Gasteiger partial charge >= 0.3 is 17.7 Å². The second kappa shape index (κ2) is 5.84. The largest absolute Gasteiger partial charge is 0.471 e. The summed E-state index contributed by atoms with van der Waals surface area (Å²) in [6, 6.07) is 14.1. The molecule has 122 valence electrons. The fourth-order valence-electron chi connectivity index (χ4n) is 2.20. The molecule has 0 unspecified atom stereocenters. The molecule has 0 aliphatic rings. The number of carbonyl (C=O) groups is 1. The molecule has 0 saturated heterocycles. The lowest BCUT2D eigenvalue weighted by molar-refractivity contribution is -0.167. The molecule has 0 spiro atoms. The van der Waals surface area contributed by atoms with Gasteiger partial charge in [0.1, 0.15) is 5.58 Å². The predicted molar refractivity (Wildman–Crippen MR) is 82.6 cm³/mol. The van der Waals surface area contributed by atoms with Crippen LogP contribution in [0.2, 0.25) is 0 Å². The summed E-state index contributed by atoms with van der Waals surface area (Å²) in [5.74, 6) is -2.06. The summed E-state index contributed by atoms with van der Waals surface area (Å²) in [5.41, 5.74) is 0.620. The highest BCUT2D eigenvalue weighted by Crippen LogP contribution is 2.23. The monoisotopic (exact) mass is 333 g/mol. The third kappa shape index (κ3) is 3.15. The Morgan fingerprint density at radius 1 is 1.00 bits per heavy atom. The molecule has 4 nitrogen and oxygen atoms in total. The van der Waals surface area contributed by atoms with Gasteiger partial charge in [0.25, 0.3) is 0 Å². The highest BCUT2D eigenvalue weighted by Gasteiger charge is 2.38. The lowest BCUT2D eigenvalue weighted by Crippen LogP contribution is -2.29. The first-order valence-electron chi connectivity index (χ1n) is 6.86. The molecule has 0 radical (unpaired) electrons. The first kappa shape index (κ1) is 15.8. The Morgan fingerprint density at radius 2 is 1.67 bits per heavy atom. The number of amides is 1. The molecule has 0 aliphatic heterocycles. The number of nitrogens with one attached hydrogen (secondary N) is 1. The van der Waals surface area contributed by atoms with E-state index >= 15 is 0 Å². The Hall–Kier alpha value is -3.09. The number of benzene rings is 2. The fraction of sp³-hybridized carbons (Fsp3) is 0.0588. The number of hydrogen-bond acceptors (Lipinski definition) is 3. The average Bonchev–Trinajstić information content (AvgIpc) is 2.54. The summed E-state index contributed by atoms with van der Waals surface area (Å²) in [5, 5.41) is 2.46. The number of carbonyl (C=O) groups excluding carboxylic acids is 1. The minimum atomic E-state index is -4.96. The molecule has 1 amide bonds. The molecule has 0 atom stereocenters. The van der Waals surface area contributed by atoms with Gasteiger partial charge in [0.05, 0.1) is 5.56 Å². The van der Waals surface area contributed by atoms with Crippen molar-refractivity contribution in [3.63, 3.8) is 0 Å². The summed E-state index contributed by atoms with van der Waals surface area (Å²) >= 11 is 0. The second-order valence-electron chi connectivity index (χ2n) is 5.01. The van der Waals surface area contributed by atoms with Crippen molar-refractivity contribution in [1.82, 2.24) is 0 Å². The van der Waals surface area contributed by atoms with Crippen LogP contribution in [0.25, 0.3) is 22.1 Å². The van der Waals surface area contributed by atoms with Crippen molar-refractivity contribution >= 4 is 22.6 Å². The van der Waals surface area contributed by atoms with Gasteiger partial charge < -0.3 is 9.73 Å².